The van der Waals surface area contributed by atoms with Crippen LogP contribution in [0.2, 0.25) is 0 Å². The van der Waals surface area contributed by atoms with E-state index in [9.17, 15) is 19.8 Å². The lowest BCUT2D eigenvalue weighted by atomic mass is 9.95. The number of likely N-dealkylation sites (N-methyl/N-ethyl adjacent to an activating group) is 1. The number of benzene rings is 2. The molecule has 0 bridgehead atoms. The van der Waals surface area contributed by atoms with Crippen molar-refractivity contribution < 1.29 is 24.5 Å². The SMILES string of the molecule is CCN(CC)CCN1C(=O)C(=O)/C(=C(\O)c2cccc(OCC(C)C)c2)C1c1ccc(O)cc1. The van der Waals surface area contributed by atoms with Gasteiger partial charge in [-0.15, -0.1) is 0 Å². The number of phenols is 1. The summed E-state index contributed by atoms with van der Waals surface area (Å²) in [6, 6.07) is 12.5. The van der Waals surface area contributed by atoms with Gasteiger partial charge in [-0.3, -0.25) is 9.59 Å². The van der Waals surface area contributed by atoms with E-state index >= 15 is 0 Å². The summed E-state index contributed by atoms with van der Waals surface area (Å²) < 4.78 is 5.77. The average molecular weight is 467 g/mol. The number of aliphatic hydroxyl groups is 1. The molecule has 1 fully saturated rings. The predicted molar refractivity (Wildman–Crippen MR) is 132 cm³/mol. The zero-order chi connectivity index (χ0) is 24.8. The number of ether oxygens (including phenoxy) is 1. The first-order valence-corrected chi connectivity index (χ1v) is 11.8. The molecular weight excluding hydrogens is 432 g/mol. The van der Waals surface area contributed by atoms with Crippen molar-refractivity contribution in [2.24, 2.45) is 5.92 Å². The van der Waals surface area contributed by atoms with Crippen molar-refractivity contribution >= 4 is 17.4 Å². The first kappa shape index (κ1) is 25.3. The van der Waals surface area contributed by atoms with E-state index in [1.165, 1.54) is 17.0 Å². The fourth-order valence-electron chi connectivity index (χ4n) is 4.05. The highest BCUT2D eigenvalue weighted by molar-refractivity contribution is 6.46. The van der Waals surface area contributed by atoms with Gasteiger partial charge in [0.05, 0.1) is 18.2 Å². The Morgan fingerprint density at radius 1 is 1.09 bits per heavy atom. The Morgan fingerprint density at radius 3 is 2.38 bits per heavy atom. The van der Waals surface area contributed by atoms with Crippen molar-refractivity contribution in [2.75, 3.05) is 32.8 Å². The number of ketones is 1. The molecule has 1 saturated heterocycles. The predicted octanol–water partition coefficient (Wildman–Crippen LogP) is 4.19. The third-order valence-corrected chi connectivity index (χ3v) is 5.99. The molecule has 1 atom stereocenters. The Morgan fingerprint density at radius 2 is 1.76 bits per heavy atom. The molecule has 182 valence electrons. The van der Waals surface area contributed by atoms with Gasteiger partial charge in [-0.2, -0.15) is 0 Å². The number of amides is 1. The highest BCUT2D eigenvalue weighted by Gasteiger charge is 2.46. The van der Waals surface area contributed by atoms with Crippen LogP contribution in [0.15, 0.2) is 54.1 Å². The summed E-state index contributed by atoms with van der Waals surface area (Å²) in [6.45, 7) is 11.3. The highest BCUT2D eigenvalue weighted by atomic mass is 16.5. The molecule has 34 heavy (non-hydrogen) atoms. The molecule has 1 unspecified atom stereocenters. The second-order valence-corrected chi connectivity index (χ2v) is 8.84. The van der Waals surface area contributed by atoms with Gasteiger partial charge in [0.15, 0.2) is 0 Å². The van der Waals surface area contributed by atoms with Crippen LogP contribution in [0.4, 0.5) is 0 Å². The molecule has 3 rings (SSSR count). The van der Waals surface area contributed by atoms with E-state index in [0.29, 0.717) is 42.5 Å². The topological polar surface area (TPSA) is 90.3 Å². The smallest absolute Gasteiger partial charge is 0.295 e. The van der Waals surface area contributed by atoms with Crippen LogP contribution in [0, 0.1) is 5.92 Å². The normalized spacial score (nSPS) is 17.7. The molecule has 7 nitrogen and oxygen atoms in total. The van der Waals surface area contributed by atoms with E-state index in [1.54, 1.807) is 36.4 Å². The summed E-state index contributed by atoms with van der Waals surface area (Å²) in [5.41, 5.74) is 1.09. The number of carbonyl (C=O) groups is 2. The van der Waals surface area contributed by atoms with Gasteiger partial charge >= 0.3 is 0 Å². The third-order valence-electron chi connectivity index (χ3n) is 5.99. The lowest BCUT2D eigenvalue weighted by molar-refractivity contribution is -0.140. The number of hydrogen-bond donors (Lipinski definition) is 2. The van der Waals surface area contributed by atoms with Crippen LogP contribution in [-0.2, 0) is 9.59 Å². The number of phenolic OH excluding ortho intramolecular Hbond substituents is 1. The summed E-state index contributed by atoms with van der Waals surface area (Å²) in [5.74, 6) is -0.601. The number of likely N-dealkylation sites (tertiary alicyclic amines) is 1. The summed E-state index contributed by atoms with van der Waals surface area (Å²) >= 11 is 0. The summed E-state index contributed by atoms with van der Waals surface area (Å²) in [4.78, 5) is 29.9. The fraction of sp³-hybridized carbons (Fsp3) is 0.407. The highest BCUT2D eigenvalue weighted by Crippen LogP contribution is 2.40. The maximum Gasteiger partial charge on any atom is 0.295 e. The standard InChI is InChI=1S/C27H34N2O5/c1-5-28(6-2)14-15-29-24(19-10-12-21(30)13-11-19)23(26(32)27(29)33)25(31)20-8-7-9-22(16-20)34-17-18(3)4/h7-13,16,18,24,30-31H,5-6,14-15,17H2,1-4H3/b25-23-. The van der Waals surface area contributed by atoms with Crippen LogP contribution in [-0.4, -0.2) is 64.5 Å². The molecule has 2 aromatic rings. The van der Waals surface area contributed by atoms with Crippen LogP contribution < -0.4 is 4.74 Å². The Bertz CT molecular complexity index is 1040. The minimum atomic E-state index is -0.753. The van der Waals surface area contributed by atoms with Crippen molar-refractivity contribution in [2.45, 2.75) is 33.7 Å². The number of aromatic hydroxyl groups is 1. The van der Waals surface area contributed by atoms with Gasteiger partial charge in [0.2, 0.25) is 0 Å². The second-order valence-electron chi connectivity index (χ2n) is 8.84. The Balaban J connectivity index is 2.05. The minimum Gasteiger partial charge on any atom is -0.508 e. The lowest BCUT2D eigenvalue weighted by Crippen LogP contribution is -2.38. The number of carbonyl (C=O) groups excluding carboxylic acids is 2. The van der Waals surface area contributed by atoms with Crippen molar-refractivity contribution in [1.82, 2.24) is 9.80 Å². The van der Waals surface area contributed by atoms with Crippen LogP contribution in [0.25, 0.3) is 5.76 Å². The molecule has 2 N–H and O–H groups in total. The van der Waals surface area contributed by atoms with Gasteiger partial charge in [0, 0.05) is 18.7 Å². The Hall–Kier alpha value is -3.32. The van der Waals surface area contributed by atoms with E-state index in [4.69, 9.17) is 4.74 Å². The van der Waals surface area contributed by atoms with Gasteiger partial charge in [-0.05, 0) is 48.8 Å². The van der Waals surface area contributed by atoms with Crippen LogP contribution >= 0.6 is 0 Å². The second kappa shape index (κ2) is 11.2. The number of nitrogens with zero attached hydrogens (tertiary/aromatic N) is 2. The van der Waals surface area contributed by atoms with Crippen molar-refractivity contribution in [1.29, 1.82) is 0 Å². The Kier molecular flexibility index (Phi) is 8.34. The largest absolute Gasteiger partial charge is 0.508 e. The number of rotatable bonds is 10. The van der Waals surface area contributed by atoms with Crippen LogP contribution in [0.5, 0.6) is 11.5 Å². The first-order chi connectivity index (χ1) is 16.3. The van der Waals surface area contributed by atoms with E-state index in [1.807, 2.05) is 27.7 Å². The number of Topliss-reactive ketones (excluding diaryl/α,β-unsaturated/α-hetero) is 1. The van der Waals surface area contributed by atoms with Crippen LogP contribution in [0.1, 0.15) is 44.9 Å². The number of hydrogen-bond acceptors (Lipinski definition) is 6. The quantitative estimate of drug-likeness (QED) is 0.310. The molecule has 0 spiro atoms. The Labute approximate surface area is 201 Å². The molecule has 1 aliphatic heterocycles. The summed E-state index contributed by atoms with van der Waals surface area (Å²) in [7, 11) is 0. The van der Waals surface area contributed by atoms with E-state index < -0.39 is 17.7 Å². The molecule has 0 aliphatic carbocycles. The zero-order valence-electron chi connectivity index (χ0n) is 20.3. The third kappa shape index (κ3) is 5.59. The van der Waals surface area contributed by atoms with Gasteiger partial charge in [-0.1, -0.05) is 52.0 Å². The average Bonchev–Trinajstić information content (AvgIpc) is 3.08. The molecule has 1 aliphatic rings. The van der Waals surface area contributed by atoms with Crippen molar-refractivity contribution in [3.8, 4) is 11.5 Å². The fourth-order valence-corrected chi connectivity index (χ4v) is 4.05. The minimum absolute atomic E-state index is 0.0382. The molecular formula is C27H34N2O5. The first-order valence-electron chi connectivity index (χ1n) is 11.8. The molecule has 1 amide bonds. The van der Waals surface area contributed by atoms with Gasteiger partial charge in [-0.25, -0.2) is 0 Å². The van der Waals surface area contributed by atoms with E-state index in [-0.39, 0.29) is 17.1 Å². The van der Waals surface area contributed by atoms with E-state index in [0.717, 1.165) is 13.1 Å². The zero-order valence-corrected chi connectivity index (χ0v) is 20.3. The van der Waals surface area contributed by atoms with E-state index in [2.05, 4.69) is 4.90 Å². The molecule has 0 saturated carbocycles. The maximum absolute atomic E-state index is 13.2. The molecule has 7 heteroatoms. The number of aliphatic hydroxyl groups excluding tert-OH is 1. The summed E-state index contributed by atoms with van der Waals surface area (Å²) in [5, 5.41) is 21.0. The van der Waals surface area contributed by atoms with Gasteiger partial charge in [0.25, 0.3) is 11.7 Å². The van der Waals surface area contributed by atoms with Crippen LogP contribution in [0.3, 0.4) is 0 Å². The molecule has 1 heterocycles. The van der Waals surface area contributed by atoms with Crippen molar-refractivity contribution in [3.63, 3.8) is 0 Å². The molecule has 0 radical (unpaired) electrons. The van der Waals surface area contributed by atoms with Gasteiger partial charge < -0.3 is 24.7 Å². The van der Waals surface area contributed by atoms with Gasteiger partial charge in [0.1, 0.15) is 17.3 Å². The monoisotopic (exact) mass is 466 g/mol. The maximum atomic E-state index is 13.2. The lowest BCUT2D eigenvalue weighted by Gasteiger charge is -2.28. The molecule has 2 aromatic carbocycles. The molecule has 0 aromatic heterocycles. The summed E-state index contributed by atoms with van der Waals surface area (Å²) in [6.07, 6.45) is 0. The van der Waals surface area contributed by atoms with Crippen molar-refractivity contribution in [3.05, 3.63) is 65.2 Å².